The van der Waals surface area contributed by atoms with Crippen LogP contribution in [0.1, 0.15) is 34.1 Å². The van der Waals surface area contributed by atoms with Gasteiger partial charge in [-0.15, -0.1) is 11.3 Å². The number of benzene rings is 2. The maximum absolute atomic E-state index is 13.1. The fourth-order valence-corrected chi connectivity index (χ4v) is 4.01. The third kappa shape index (κ3) is 5.48. The molecule has 0 radical (unpaired) electrons. The molecule has 0 aliphatic rings. The number of thiazole rings is 1. The average molecular weight is 494 g/mol. The summed E-state index contributed by atoms with van der Waals surface area (Å²) in [6.45, 7) is 2.80. The molecule has 2 aromatic carbocycles. The van der Waals surface area contributed by atoms with E-state index in [9.17, 15) is 22.8 Å². The number of esters is 1. The molecule has 11 heteroatoms. The number of carbonyl (C=O) groups excluding carboxylic acids is 2. The summed E-state index contributed by atoms with van der Waals surface area (Å²) in [7, 11) is 2.94. The van der Waals surface area contributed by atoms with Crippen LogP contribution in [0.3, 0.4) is 0 Å². The van der Waals surface area contributed by atoms with Gasteiger partial charge in [0.1, 0.15) is 18.1 Å². The van der Waals surface area contributed by atoms with Gasteiger partial charge in [0, 0.05) is 17.9 Å². The highest BCUT2D eigenvalue weighted by Crippen LogP contribution is 2.35. The number of alkyl halides is 3. The Kier molecular flexibility index (Phi) is 7.45. The summed E-state index contributed by atoms with van der Waals surface area (Å²) in [5, 5.41) is 1.71. The standard InChI is InChI=1S/C23H21F3N2O5S/c1-13-19(31-3)8-15(9-20(13)32-4)21(30)33-11-17-12-34-22(27-17)28(14(2)29)18-7-5-6-16(10-18)23(24,25)26/h5-10,12H,11H2,1-4H3. The van der Waals surface area contributed by atoms with Gasteiger partial charge in [0.25, 0.3) is 0 Å². The number of ether oxygens (including phenoxy) is 3. The molecular formula is C23H21F3N2O5S. The van der Waals surface area contributed by atoms with Gasteiger partial charge in [-0.2, -0.15) is 13.2 Å². The Morgan fingerprint density at radius 1 is 1.09 bits per heavy atom. The first-order valence-electron chi connectivity index (χ1n) is 9.87. The molecule has 0 aliphatic heterocycles. The lowest BCUT2D eigenvalue weighted by molar-refractivity contribution is -0.137. The highest BCUT2D eigenvalue weighted by atomic mass is 32.1. The first kappa shape index (κ1) is 25.0. The molecule has 1 aromatic heterocycles. The molecule has 0 atom stereocenters. The lowest BCUT2D eigenvalue weighted by Crippen LogP contribution is -2.23. The Balaban J connectivity index is 1.78. The number of amides is 1. The maximum Gasteiger partial charge on any atom is 0.416 e. The Morgan fingerprint density at radius 3 is 2.29 bits per heavy atom. The fourth-order valence-electron chi connectivity index (χ4n) is 3.14. The van der Waals surface area contributed by atoms with Crippen LogP contribution in [0.4, 0.5) is 24.0 Å². The van der Waals surface area contributed by atoms with Crippen LogP contribution in [0.15, 0.2) is 41.8 Å². The van der Waals surface area contributed by atoms with E-state index in [0.717, 1.165) is 33.9 Å². The van der Waals surface area contributed by atoms with E-state index in [0.29, 0.717) is 17.2 Å². The quantitative estimate of drug-likeness (QED) is 0.402. The highest BCUT2D eigenvalue weighted by Gasteiger charge is 2.31. The van der Waals surface area contributed by atoms with Crippen molar-refractivity contribution in [2.75, 3.05) is 19.1 Å². The molecular weight excluding hydrogens is 473 g/mol. The van der Waals surface area contributed by atoms with E-state index in [-0.39, 0.29) is 23.0 Å². The van der Waals surface area contributed by atoms with Crippen LogP contribution in [0.2, 0.25) is 0 Å². The van der Waals surface area contributed by atoms with E-state index in [2.05, 4.69) is 4.98 Å². The van der Waals surface area contributed by atoms with Gasteiger partial charge < -0.3 is 14.2 Å². The summed E-state index contributed by atoms with van der Waals surface area (Å²) in [5.41, 5.74) is 0.413. The van der Waals surface area contributed by atoms with Crippen molar-refractivity contribution >= 4 is 34.0 Å². The molecule has 1 amide bonds. The zero-order chi connectivity index (χ0) is 25.0. The Morgan fingerprint density at radius 2 is 1.74 bits per heavy atom. The van der Waals surface area contributed by atoms with Crippen molar-refractivity contribution < 1.29 is 37.0 Å². The molecule has 1 heterocycles. The second-order valence-corrected chi connectivity index (χ2v) is 7.94. The molecule has 7 nitrogen and oxygen atoms in total. The molecule has 0 N–H and O–H groups in total. The number of nitrogens with zero attached hydrogens (tertiary/aromatic N) is 2. The van der Waals surface area contributed by atoms with Gasteiger partial charge in [-0.05, 0) is 37.3 Å². The number of rotatable bonds is 7. The van der Waals surface area contributed by atoms with Gasteiger partial charge in [0.2, 0.25) is 5.91 Å². The number of anilines is 2. The summed E-state index contributed by atoms with van der Waals surface area (Å²) >= 11 is 1.04. The lowest BCUT2D eigenvalue weighted by atomic mass is 10.1. The van der Waals surface area contributed by atoms with E-state index in [1.54, 1.807) is 12.3 Å². The number of carbonyl (C=O) groups is 2. The Bertz CT molecular complexity index is 1180. The van der Waals surface area contributed by atoms with Crippen LogP contribution in [-0.4, -0.2) is 31.1 Å². The summed E-state index contributed by atoms with van der Waals surface area (Å²) in [5.74, 6) is -0.246. The van der Waals surface area contributed by atoms with Crippen molar-refractivity contribution in [1.29, 1.82) is 0 Å². The number of halogens is 3. The summed E-state index contributed by atoms with van der Waals surface area (Å²) < 4.78 is 55.1. The third-order valence-electron chi connectivity index (χ3n) is 4.82. The van der Waals surface area contributed by atoms with Crippen molar-refractivity contribution in [3.05, 3.63) is 64.2 Å². The highest BCUT2D eigenvalue weighted by molar-refractivity contribution is 7.14. The van der Waals surface area contributed by atoms with Gasteiger partial charge in [-0.25, -0.2) is 9.78 Å². The molecule has 3 rings (SSSR count). The van der Waals surface area contributed by atoms with E-state index in [1.807, 2.05) is 0 Å². The first-order chi connectivity index (χ1) is 16.0. The Hall–Kier alpha value is -3.60. The molecule has 0 bridgehead atoms. The van der Waals surface area contributed by atoms with Crippen molar-refractivity contribution in [3.63, 3.8) is 0 Å². The molecule has 180 valence electrons. The zero-order valence-corrected chi connectivity index (χ0v) is 19.5. The van der Waals surface area contributed by atoms with Crippen LogP contribution in [0, 0.1) is 6.92 Å². The minimum absolute atomic E-state index is 0.0269. The summed E-state index contributed by atoms with van der Waals surface area (Å²) in [6, 6.07) is 7.45. The number of methoxy groups -OCH3 is 2. The molecule has 0 fully saturated rings. The van der Waals surface area contributed by atoms with Gasteiger partial charge >= 0.3 is 12.1 Å². The second kappa shape index (κ2) is 10.1. The lowest BCUT2D eigenvalue weighted by Gasteiger charge is -2.19. The predicted molar refractivity (Wildman–Crippen MR) is 120 cm³/mol. The normalized spacial score (nSPS) is 11.1. The first-order valence-corrected chi connectivity index (χ1v) is 10.7. The summed E-state index contributed by atoms with van der Waals surface area (Å²) in [6.07, 6.45) is -4.55. The topological polar surface area (TPSA) is 78.0 Å². The smallest absolute Gasteiger partial charge is 0.416 e. The largest absolute Gasteiger partial charge is 0.496 e. The van der Waals surface area contributed by atoms with Crippen LogP contribution in [0.25, 0.3) is 0 Å². The number of hydrogen-bond acceptors (Lipinski definition) is 7. The van der Waals surface area contributed by atoms with E-state index >= 15 is 0 Å². The van der Waals surface area contributed by atoms with E-state index in [4.69, 9.17) is 14.2 Å². The fraction of sp³-hybridized carbons (Fsp3) is 0.261. The summed E-state index contributed by atoms with van der Waals surface area (Å²) in [4.78, 5) is 30.1. The molecule has 0 aliphatic carbocycles. The Labute approximate surface area is 197 Å². The van der Waals surface area contributed by atoms with Crippen molar-refractivity contribution in [2.45, 2.75) is 26.6 Å². The molecule has 3 aromatic rings. The minimum Gasteiger partial charge on any atom is -0.496 e. The van der Waals surface area contributed by atoms with Crippen molar-refractivity contribution in [3.8, 4) is 11.5 Å². The van der Waals surface area contributed by atoms with Gasteiger partial charge in [0.15, 0.2) is 5.13 Å². The molecule has 34 heavy (non-hydrogen) atoms. The molecule has 0 spiro atoms. The zero-order valence-electron chi connectivity index (χ0n) is 18.7. The minimum atomic E-state index is -4.55. The van der Waals surface area contributed by atoms with E-state index in [1.165, 1.54) is 45.4 Å². The maximum atomic E-state index is 13.1. The second-order valence-electron chi connectivity index (χ2n) is 7.11. The van der Waals surface area contributed by atoms with Crippen molar-refractivity contribution in [1.82, 2.24) is 4.98 Å². The SMILES string of the molecule is COc1cc(C(=O)OCc2csc(N(C(C)=O)c3cccc(C(F)(F)F)c3)n2)cc(OC)c1C. The monoisotopic (exact) mass is 494 g/mol. The van der Waals surface area contributed by atoms with Gasteiger partial charge in [0.05, 0.1) is 36.7 Å². The van der Waals surface area contributed by atoms with E-state index < -0.39 is 23.6 Å². The van der Waals surface area contributed by atoms with Crippen LogP contribution < -0.4 is 14.4 Å². The predicted octanol–water partition coefficient (Wildman–Crippen LogP) is 5.53. The van der Waals surface area contributed by atoms with Crippen LogP contribution in [-0.2, 0) is 22.3 Å². The van der Waals surface area contributed by atoms with Crippen LogP contribution in [0.5, 0.6) is 11.5 Å². The van der Waals surface area contributed by atoms with Gasteiger partial charge in [-0.1, -0.05) is 6.07 Å². The number of aromatic nitrogens is 1. The van der Waals surface area contributed by atoms with Crippen molar-refractivity contribution in [2.24, 2.45) is 0 Å². The number of hydrogen-bond donors (Lipinski definition) is 0. The van der Waals surface area contributed by atoms with Crippen LogP contribution >= 0.6 is 11.3 Å². The molecule has 0 saturated heterocycles. The molecule has 0 saturated carbocycles. The average Bonchev–Trinajstić information content (AvgIpc) is 3.25. The molecule has 0 unspecified atom stereocenters. The van der Waals surface area contributed by atoms with Gasteiger partial charge in [-0.3, -0.25) is 9.69 Å². The third-order valence-corrected chi connectivity index (χ3v) is 5.69.